The van der Waals surface area contributed by atoms with E-state index in [1.807, 2.05) is 11.5 Å². The molecule has 0 radical (unpaired) electrons. The van der Waals surface area contributed by atoms with E-state index in [1.54, 1.807) is 41.7 Å². The number of ether oxygens (including phenoxy) is 1. The van der Waals surface area contributed by atoms with Crippen LogP contribution >= 0.6 is 0 Å². The minimum absolute atomic E-state index is 0.00316. The van der Waals surface area contributed by atoms with Crippen molar-refractivity contribution in [3.05, 3.63) is 77.5 Å². The average molecular weight is 453 g/mol. The summed E-state index contributed by atoms with van der Waals surface area (Å²) in [7, 11) is -3.80. The highest BCUT2D eigenvalue weighted by Crippen LogP contribution is 2.22. The number of fused-ring (bicyclic) bond motifs is 1. The van der Waals surface area contributed by atoms with Gasteiger partial charge in [0.25, 0.3) is 0 Å². The first-order chi connectivity index (χ1) is 15.1. The molecular formula is C21H19N5O5S. The van der Waals surface area contributed by atoms with Gasteiger partial charge in [0, 0.05) is 28.8 Å². The number of primary sulfonamides is 1. The first kappa shape index (κ1) is 21.4. The molecular weight excluding hydrogens is 434 g/mol. The predicted octanol–water partition coefficient (Wildman–Crippen LogP) is 1.82. The van der Waals surface area contributed by atoms with Crippen LogP contribution in [0.25, 0.3) is 11.3 Å². The smallest absolute Gasteiger partial charge is 0.340 e. The van der Waals surface area contributed by atoms with Crippen LogP contribution in [-0.2, 0) is 14.8 Å². The molecule has 3 heterocycles. The van der Waals surface area contributed by atoms with E-state index >= 15 is 0 Å². The number of esters is 1. The van der Waals surface area contributed by atoms with Crippen LogP contribution in [0, 0.1) is 13.8 Å². The summed E-state index contributed by atoms with van der Waals surface area (Å²) in [4.78, 5) is 25.1. The van der Waals surface area contributed by atoms with Crippen LogP contribution in [0.15, 0.2) is 59.9 Å². The van der Waals surface area contributed by atoms with Crippen LogP contribution in [0.3, 0.4) is 0 Å². The largest absolute Gasteiger partial charge is 0.454 e. The number of aryl methyl sites for hydroxylation is 1. The van der Waals surface area contributed by atoms with E-state index in [1.165, 1.54) is 24.7 Å². The van der Waals surface area contributed by atoms with Gasteiger partial charge in [-0.1, -0.05) is 0 Å². The number of sulfonamides is 1. The molecule has 0 fully saturated rings. The second kappa shape index (κ2) is 8.02. The van der Waals surface area contributed by atoms with Gasteiger partial charge >= 0.3 is 5.97 Å². The van der Waals surface area contributed by atoms with E-state index in [0.717, 1.165) is 5.69 Å². The van der Waals surface area contributed by atoms with Gasteiger partial charge in [0.05, 0.1) is 10.5 Å². The Balaban J connectivity index is 1.51. The number of ketones is 1. The zero-order valence-corrected chi connectivity index (χ0v) is 18.0. The molecule has 0 unspecified atom stereocenters. The van der Waals surface area contributed by atoms with Crippen LogP contribution in [-0.4, -0.2) is 45.9 Å². The average Bonchev–Trinajstić information content (AvgIpc) is 3.34. The molecule has 3 aromatic heterocycles. The van der Waals surface area contributed by atoms with E-state index in [0.29, 0.717) is 22.6 Å². The zero-order valence-electron chi connectivity index (χ0n) is 17.2. The Morgan fingerprint density at radius 2 is 1.81 bits per heavy atom. The summed E-state index contributed by atoms with van der Waals surface area (Å²) in [5, 5.41) is 12.8. The number of carbonyl (C=O) groups is 2. The second-order valence-electron chi connectivity index (χ2n) is 7.17. The van der Waals surface area contributed by atoms with Crippen molar-refractivity contribution in [2.24, 2.45) is 5.14 Å². The molecule has 0 aliphatic rings. The molecule has 0 saturated heterocycles. The van der Waals surface area contributed by atoms with Gasteiger partial charge in [-0.3, -0.25) is 9.20 Å². The number of nitrogens with two attached hydrogens (primary N) is 1. The van der Waals surface area contributed by atoms with Crippen LogP contribution < -0.4 is 5.14 Å². The maximum Gasteiger partial charge on any atom is 0.340 e. The molecule has 164 valence electrons. The normalized spacial score (nSPS) is 11.6. The molecule has 0 aliphatic carbocycles. The third-order valence-corrected chi connectivity index (χ3v) is 5.95. The lowest BCUT2D eigenvalue weighted by Crippen LogP contribution is -2.15. The molecule has 0 aliphatic heterocycles. The molecule has 0 amide bonds. The Bertz CT molecular complexity index is 1450. The number of pyridine rings is 1. The van der Waals surface area contributed by atoms with Gasteiger partial charge in [-0.25, -0.2) is 18.4 Å². The monoisotopic (exact) mass is 453 g/mol. The van der Waals surface area contributed by atoms with Crippen LogP contribution in [0.1, 0.15) is 32.1 Å². The highest BCUT2D eigenvalue weighted by Gasteiger charge is 2.19. The number of nitrogens with zero attached hydrogens (tertiary/aromatic N) is 4. The zero-order chi connectivity index (χ0) is 23.0. The highest BCUT2D eigenvalue weighted by molar-refractivity contribution is 7.89. The molecule has 0 saturated carbocycles. The summed E-state index contributed by atoms with van der Waals surface area (Å²) in [6, 6.07) is 10.9. The summed E-state index contributed by atoms with van der Waals surface area (Å²) < 4.78 is 31.5. The fourth-order valence-corrected chi connectivity index (χ4v) is 3.98. The Hall–Kier alpha value is -3.83. The molecule has 10 nitrogen and oxygen atoms in total. The maximum atomic E-state index is 12.7. The van der Waals surface area contributed by atoms with Crippen molar-refractivity contribution in [3.63, 3.8) is 0 Å². The number of hydrogen-bond donors (Lipinski definition) is 1. The lowest BCUT2D eigenvalue weighted by atomic mass is 10.1. The van der Waals surface area contributed by atoms with Crippen molar-refractivity contribution < 1.29 is 22.7 Å². The molecule has 0 spiro atoms. The van der Waals surface area contributed by atoms with Crippen molar-refractivity contribution in [3.8, 4) is 5.69 Å². The molecule has 1 aromatic carbocycles. The molecule has 4 rings (SSSR count). The molecule has 2 N–H and O–H groups in total. The van der Waals surface area contributed by atoms with E-state index in [9.17, 15) is 18.0 Å². The van der Waals surface area contributed by atoms with Gasteiger partial charge in [0.15, 0.2) is 12.3 Å². The van der Waals surface area contributed by atoms with Gasteiger partial charge in [0.1, 0.15) is 6.33 Å². The van der Waals surface area contributed by atoms with Crippen LogP contribution in [0.2, 0.25) is 0 Å². The highest BCUT2D eigenvalue weighted by atomic mass is 32.2. The first-order valence-corrected chi connectivity index (χ1v) is 11.0. The van der Waals surface area contributed by atoms with Crippen molar-refractivity contribution in [1.82, 2.24) is 19.2 Å². The SMILES string of the molecule is Cc1cc(C(=O)COC(=O)c2ccc3nncn3c2)c(C)n1-c1ccc(S(N)(=O)=O)cc1. The number of hydrogen-bond acceptors (Lipinski definition) is 7. The van der Waals surface area contributed by atoms with Crippen molar-refractivity contribution >= 4 is 27.4 Å². The summed E-state index contributed by atoms with van der Waals surface area (Å²) in [6.45, 7) is 3.15. The topological polar surface area (TPSA) is 139 Å². The van der Waals surface area contributed by atoms with Crippen molar-refractivity contribution in [2.75, 3.05) is 6.61 Å². The number of carbonyl (C=O) groups excluding carboxylic acids is 2. The summed E-state index contributed by atoms with van der Waals surface area (Å²) in [5.41, 5.74) is 3.33. The molecule has 4 aromatic rings. The Labute approximate surface area is 183 Å². The number of aromatic nitrogens is 4. The van der Waals surface area contributed by atoms with E-state index in [-0.39, 0.29) is 16.2 Å². The lowest BCUT2D eigenvalue weighted by molar-refractivity contribution is 0.0474. The Kier molecular flexibility index (Phi) is 5.36. The molecule has 0 atom stereocenters. The minimum Gasteiger partial charge on any atom is -0.454 e. The number of benzene rings is 1. The van der Waals surface area contributed by atoms with Gasteiger partial charge < -0.3 is 9.30 Å². The van der Waals surface area contributed by atoms with Gasteiger partial charge in [-0.05, 0) is 56.3 Å². The third-order valence-electron chi connectivity index (χ3n) is 5.02. The first-order valence-electron chi connectivity index (χ1n) is 9.47. The fraction of sp³-hybridized carbons (Fsp3) is 0.143. The Morgan fingerprint density at radius 1 is 1.09 bits per heavy atom. The summed E-state index contributed by atoms with van der Waals surface area (Å²) in [6.07, 6.45) is 2.99. The van der Waals surface area contributed by atoms with Gasteiger partial charge in [-0.2, -0.15) is 0 Å². The van der Waals surface area contributed by atoms with Gasteiger partial charge in [0.2, 0.25) is 15.8 Å². The predicted molar refractivity (Wildman–Crippen MR) is 114 cm³/mol. The van der Waals surface area contributed by atoms with Crippen molar-refractivity contribution in [1.29, 1.82) is 0 Å². The number of rotatable bonds is 6. The number of Topliss-reactive ketones (excluding diaryl/α,β-unsaturated/α-hetero) is 1. The quantitative estimate of drug-likeness (QED) is 0.347. The fourth-order valence-electron chi connectivity index (χ4n) is 3.47. The summed E-state index contributed by atoms with van der Waals surface area (Å²) >= 11 is 0. The van der Waals surface area contributed by atoms with E-state index in [4.69, 9.17) is 9.88 Å². The third kappa shape index (κ3) is 4.03. The minimum atomic E-state index is -3.80. The maximum absolute atomic E-state index is 12.7. The standard InChI is InChI=1S/C21H19N5O5S/c1-13-9-18(14(2)26(13)16-4-6-17(7-5-16)32(22,29)30)19(27)11-31-21(28)15-3-8-20-24-23-12-25(20)10-15/h3-10,12H,11H2,1-2H3,(H2,22,29,30). The second-order valence-corrected chi connectivity index (χ2v) is 8.73. The lowest BCUT2D eigenvalue weighted by Gasteiger charge is -2.10. The summed E-state index contributed by atoms with van der Waals surface area (Å²) in [5.74, 6) is -0.995. The Morgan fingerprint density at radius 3 is 2.50 bits per heavy atom. The van der Waals surface area contributed by atoms with Gasteiger partial charge in [-0.15, -0.1) is 10.2 Å². The van der Waals surface area contributed by atoms with Crippen LogP contribution in [0.5, 0.6) is 0 Å². The van der Waals surface area contributed by atoms with E-state index in [2.05, 4.69) is 10.2 Å². The molecule has 32 heavy (non-hydrogen) atoms. The van der Waals surface area contributed by atoms with Crippen molar-refractivity contribution in [2.45, 2.75) is 18.7 Å². The van der Waals surface area contributed by atoms with E-state index < -0.39 is 22.6 Å². The molecule has 11 heteroatoms. The van der Waals surface area contributed by atoms with Crippen LogP contribution in [0.4, 0.5) is 0 Å². The molecule has 0 bridgehead atoms.